The second-order valence-corrected chi connectivity index (χ2v) is 3.79. The molecule has 0 unspecified atom stereocenters. The topological polar surface area (TPSA) is 46.3 Å². The van der Waals surface area contributed by atoms with Crippen LogP contribution in [0.4, 0.5) is 10.5 Å². The molecular weight excluding hydrogens is 184 g/mol. The van der Waals surface area contributed by atoms with E-state index in [0.29, 0.717) is 5.69 Å². The number of carbonyl (C=O) groups excluding carboxylic acids is 1. The maximum Gasteiger partial charge on any atom is 0.286 e. The zero-order chi connectivity index (χ0) is 9.84. The van der Waals surface area contributed by atoms with Gasteiger partial charge >= 0.3 is 0 Å². The average molecular weight is 196 g/mol. The number of anilines is 1. The molecule has 0 aliphatic rings. The van der Waals surface area contributed by atoms with E-state index in [-0.39, 0.29) is 5.24 Å². The van der Waals surface area contributed by atoms with Gasteiger partial charge in [0.15, 0.2) is 0 Å². The summed E-state index contributed by atoms with van der Waals surface area (Å²) in [5, 5.41) is -0.0158. The molecule has 0 aliphatic carbocycles. The Bertz CT molecular complexity index is 312. The van der Waals surface area contributed by atoms with Gasteiger partial charge in [0.25, 0.3) is 5.24 Å². The molecule has 1 aromatic rings. The second kappa shape index (κ2) is 4.18. The Hall–Kier alpha value is -1.16. The number of hydrogen-bond acceptors (Lipinski definition) is 3. The first-order chi connectivity index (χ1) is 6.11. The molecule has 2 N–H and O–H groups in total. The number of amides is 1. The zero-order valence-electron chi connectivity index (χ0n) is 7.65. The minimum absolute atomic E-state index is 0.0158. The summed E-state index contributed by atoms with van der Waals surface area (Å²) in [6.07, 6.45) is 0. The molecule has 0 atom stereocenters. The predicted octanol–water partition coefficient (Wildman–Crippen LogP) is 2.04. The number of benzene rings is 1. The molecule has 1 amide bonds. The van der Waals surface area contributed by atoms with E-state index in [1.54, 1.807) is 20.2 Å². The first-order valence-corrected chi connectivity index (χ1v) is 4.66. The second-order valence-electron chi connectivity index (χ2n) is 2.80. The Morgan fingerprint density at radius 2 is 2.00 bits per heavy atom. The predicted molar refractivity (Wildman–Crippen MR) is 55.8 cm³/mol. The minimum Gasteiger partial charge on any atom is -0.398 e. The minimum atomic E-state index is -0.0158. The van der Waals surface area contributed by atoms with Gasteiger partial charge in [-0.3, -0.25) is 4.79 Å². The van der Waals surface area contributed by atoms with Crippen molar-refractivity contribution in [1.29, 1.82) is 0 Å². The van der Waals surface area contributed by atoms with Crippen molar-refractivity contribution in [3.63, 3.8) is 0 Å². The van der Waals surface area contributed by atoms with Crippen molar-refractivity contribution in [2.24, 2.45) is 0 Å². The van der Waals surface area contributed by atoms with E-state index in [4.69, 9.17) is 5.73 Å². The van der Waals surface area contributed by atoms with Crippen molar-refractivity contribution in [3.05, 3.63) is 24.3 Å². The summed E-state index contributed by atoms with van der Waals surface area (Å²) in [6.45, 7) is 0. The molecule has 0 aliphatic heterocycles. The number of rotatable bonds is 1. The highest BCUT2D eigenvalue weighted by Crippen LogP contribution is 2.25. The van der Waals surface area contributed by atoms with Crippen LogP contribution in [0.3, 0.4) is 0 Å². The van der Waals surface area contributed by atoms with Gasteiger partial charge in [-0.2, -0.15) is 0 Å². The Balaban J connectivity index is 2.75. The van der Waals surface area contributed by atoms with Gasteiger partial charge in [0.05, 0.1) is 0 Å². The molecule has 3 nitrogen and oxygen atoms in total. The summed E-state index contributed by atoms with van der Waals surface area (Å²) in [7, 11) is 3.43. The summed E-state index contributed by atoms with van der Waals surface area (Å²) < 4.78 is 0. The van der Waals surface area contributed by atoms with E-state index >= 15 is 0 Å². The third-order valence-corrected chi connectivity index (χ3v) is 2.61. The Labute approximate surface area is 81.9 Å². The van der Waals surface area contributed by atoms with E-state index in [1.165, 1.54) is 4.90 Å². The van der Waals surface area contributed by atoms with Gasteiger partial charge in [-0.1, -0.05) is 12.1 Å². The molecule has 0 heterocycles. The molecule has 4 heteroatoms. The third-order valence-electron chi connectivity index (χ3n) is 1.48. The van der Waals surface area contributed by atoms with Gasteiger partial charge in [0, 0.05) is 24.7 Å². The fraction of sp³-hybridized carbons (Fsp3) is 0.222. The molecule has 0 saturated carbocycles. The van der Waals surface area contributed by atoms with Crippen LogP contribution in [-0.2, 0) is 0 Å². The van der Waals surface area contributed by atoms with Gasteiger partial charge in [-0.05, 0) is 23.9 Å². The maximum absolute atomic E-state index is 11.3. The van der Waals surface area contributed by atoms with Crippen LogP contribution in [0.1, 0.15) is 0 Å². The smallest absolute Gasteiger partial charge is 0.286 e. The van der Waals surface area contributed by atoms with Gasteiger partial charge in [-0.25, -0.2) is 0 Å². The number of para-hydroxylation sites is 1. The van der Waals surface area contributed by atoms with Crippen molar-refractivity contribution in [2.45, 2.75) is 4.90 Å². The Kier molecular flexibility index (Phi) is 3.19. The highest BCUT2D eigenvalue weighted by Gasteiger charge is 2.07. The van der Waals surface area contributed by atoms with Gasteiger partial charge in [0.1, 0.15) is 0 Å². The van der Waals surface area contributed by atoms with Crippen LogP contribution in [0.15, 0.2) is 29.2 Å². The van der Waals surface area contributed by atoms with Crippen LogP contribution >= 0.6 is 11.8 Å². The normalized spacial score (nSPS) is 9.69. The SMILES string of the molecule is CN(C)C(=O)Sc1ccccc1N. The summed E-state index contributed by atoms with van der Waals surface area (Å²) in [4.78, 5) is 13.6. The third kappa shape index (κ3) is 2.66. The van der Waals surface area contributed by atoms with E-state index in [1.807, 2.05) is 18.2 Å². The lowest BCUT2D eigenvalue weighted by Crippen LogP contribution is -2.16. The Morgan fingerprint density at radius 1 is 1.38 bits per heavy atom. The number of thioether (sulfide) groups is 1. The number of nitrogens with two attached hydrogens (primary N) is 1. The van der Waals surface area contributed by atoms with Crippen molar-refractivity contribution >= 4 is 22.7 Å². The largest absolute Gasteiger partial charge is 0.398 e. The lowest BCUT2D eigenvalue weighted by atomic mass is 10.3. The van der Waals surface area contributed by atoms with Crippen LogP contribution in [-0.4, -0.2) is 24.2 Å². The molecule has 70 valence electrons. The van der Waals surface area contributed by atoms with Crippen LogP contribution in [0, 0.1) is 0 Å². The van der Waals surface area contributed by atoms with Gasteiger partial charge < -0.3 is 10.6 Å². The molecular formula is C9H12N2OS. The fourth-order valence-corrected chi connectivity index (χ4v) is 1.46. The quantitative estimate of drug-likeness (QED) is 0.552. The van der Waals surface area contributed by atoms with Crippen molar-refractivity contribution in [1.82, 2.24) is 4.90 Å². The van der Waals surface area contributed by atoms with Crippen LogP contribution in [0.25, 0.3) is 0 Å². The first-order valence-electron chi connectivity index (χ1n) is 3.85. The van der Waals surface area contributed by atoms with E-state index in [9.17, 15) is 4.79 Å². The monoisotopic (exact) mass is 196 g/mol. The van der Waals surface area contributed by atoms with Crippen LogP contribution < -0.4 is 5.73 Å². The van der Waals surface area contributed by atoms with Crippen molar-refractivity contribution < 1.29 is 4.79 Å². The maximum atomic E-state index is 11.3. The summed E-state index contributed by atoms with van der Waals surface area (Å²) in [5.41, 5.74) is 6.32. The molecule has 0 saturated heterocycles. The zero-order valence-corrected chi connectivity index (χ0v) is 8.47. The van der Waals surface area contributed by atoms with Crippen LogP contribution in [0.5, 0.6) is 0 Å². The van der Waals surface area contributed by atoms with E-state index < -0.39 is 0 Å². The highest BCUT2D eigenvalue weighted by atomic mass is 32.2. The summed E-state index contributed by atoms with van der Waals surface area (Å²) in [6, 6.07) is 7.33. The standard InChI is InChI=1S/C9H12N2OS/c1-11(2)9(12)13-8-6-4-3-5-7(8)10/h3-6H,10H2,1-2H3. The number of nitrogens with zero attached hydrogens (tertiary/aromatic N) is 1. The molecule has 0 spiro atoms. The van der Waals surface area contributed by atoms with Gasteiger partial charge in [0.2, 0.25) is 0 Å². The molecule has 0 bridgehead atoms. The molecule has 1 aromatic carbocycles. The number of carbonyl (C=O) groups is 1. The first kappa shape index (κ1) is 9.92. The summed E-state index contributed by atoms with van der Waals surface area (Å²) >= 11 is 1.14. The average Bonchev–Trinajstić information content (AvgIpc) is 2.08. The summed E-state index contributed by atoms with van der Waals surface area (Å²) in [5.74, 6) is 0. The van der Waals surface area contributed by atoms with E-state index in [2.05, 4.69) is 0 Å². The van der Waals surface area contributed by atoms with Crippen molar-refractivity contribution in [3.8, 4) is 0 Å². The fourth-order valence-electron chi connectivity index (χ4n) is 0.759. The van der Waals surface area contributed by atoms with Crippen LogP contribution in [0.2, 0.25) is 0 Å². The lowest BCUT2D eigenvalue weighted by molar-refractivity contribution is 0.241. The number of hydrogen-bond donors (Lipinski definition) is 1. The molecule has 0 radical (unpaired) electrons. The molecule has 0 fully saturated rings. The molecule has 1 rings (SSSR count). The number of nitrogen functional groups attached to an aromatic ring is 1. The van der Waals surface area contributed by atoms with E-state index in [0.717, 1.165) is 16.7 Å². The van der Waals surface area contributed by atoms with Gasteiger partial charge in [-0.15, -0.1) is 0 Å². The lowest BCUT2D eigenvalue weighted by Gasteiger charge is -2.09. The molecule has 0 aromatic heterocycles. The van der Waals surface area contributed by atoms with Crippen molar-refractivity contribution in [2.75, 3.05) is 19.8 Å². The molecule has 13 heavy (non-hydrogen) atoms. The Morgan fingerprint density at radius 3 is 2.54 bits per heavy atom. The highest BCUT2D eigenvalue weighted by molar-refractivity contribution is 8.13.